The number of aryl methyl sites for hydroxylation is 1. The Morgan fingerprint density at radius 3 is 2.42 bits per heavy atom. The lowest BCUT2D eigenvalue weighted by atomic mass is 9.92. The summed E-state index contributed by atoms with van der Waals surface area (Å²) in [6, 6.07) is 9.46. The largest absolute Gasteiger partial charge is 0.479 e. The van der Waals surface area contributed by atoms with Crippen molar-refractivity contribution in [2.24, 2.45) is 4.99 Å². The van der Waals surface area contributed by atoms with Crippen LogP contribution in [0.15, 0.2) is 41.4 Å². The van der Waals surface area contributed by atoms with Crippen LogP contribution in [-0.4, -0.2) is 22.8 Å². The monoisotopic (exact) mass is 351 g/mol. The van der Waals surface area contributed by atoms with Crippen LogP contribution in [0.5, 0.6) is 0 Å². The van der Waals surface area contributed by atoms with Gasteiger partial charge in [0, 0.05) is 17.7 Å². The van der Waals surface area contributed by atoms with E-state index in [1.165, 1.54) is 32.2 Å². The molecule has 2 aromatic carbocycles. The lowest BCUT2D eigenvalue weighted by molar-refractivity contribution is -0.142. The molecule has 3 nitrogen and oxygen atoms in total. The molecule has 0 spiro atoms. The van der Waals surface area contributed by atoms with Crippen LogP contribution in [0.2, 0.25) is 5.02 Å². The number of aliphatic imine (C=N–C) groups is 1. The van der Waals surface area contributed by atoms with Crippen molar-refractivity contribution in [3.8, 4) is 0 Å². The number of halogens is 3. The Morgan fingerprint density at radius 2 is 1.83 bits per heavy atom. The lowest BCUT2D eigenvalue weighted by Crippen LogP contribution is -2.36. The second kappa shape index (κ2) is 7.09. The first-order chi connectivity index (χ1) is 11.2. The minimum absolute atomic E-state index is 0.0312. The van der Waals surface area contributed by atoms with Gasteiger partial charge in [-0.3, -0.25) is 4.99 Å². The number of benzene rings is 2. The number of hydrogen-bond acceptors (Lipinski definition) is 2. The van der Waals surface area contributed by atoms with Gasteiger partial charge in [-0.05, 0) is 42.7 Å². The van der Waals surface area contributed by atoms with E-state index < -0.39 is 23.1 Å². The SMILES string of the molecule is Cc1ccc(C[C@](C)(N=Cc2ccc(Cl)cc2)C(=O)O)c(F)c1F. The van der Waals surface area contributed by atoms with Crippen LogP contribution >= 0.6 is 11.6 Å². The number of carbonyl (C=O) groups is 1. The maximum atomic E-state index is 14.0. The van der Waals surface area contributed by atoms with E-state index in [1.54, 1.807) is 24.3 Å². The molecule has 24 heavy (non-hydrogen) atoms. The summed E-state index contributed by atoms with van der Waals surface area (Å²) in [6.45, 7) is 2.80. The molecule has 0 amide bonds. The highest BCUT2D eigenvalue weighted by Crippen LogP contribution is 2.23. The second-order valence-corrected chi connectivity index (χ2v) is 6.17. The molecule has 0 aliphatic carbocycles. The molecule has 1 atom stereocenters. The topological polar surface area (TPSA) is 49.7 Å². The first-order valence-corrected chi connectivity index (χ1v) is 7.58. The van der Waals surface area contributed by atoms with E-state index in [-0.39, 0.29) is 17.5 Å². The molecule has 6 heteroatoms. The summed E-state index contributed by atoms with van der Waals surface area (Å²) in [5.41, 5.74) is -0.834. The molecule has 0 radical (unpaired) electrons. The van der Waals surface area contributed by atoms with Crippen LogP contribution in [0.4, 0.5) is 8.78 Å². The zero-order valence-electron chi connectivity index (χ0n) is 13.2. The van der Waals surface area contributed by atoms with E-state index >= 15 is 0 Å². The highest BCUT2D eigenvalue weighted by atomic mass is 35.5. The van der Waals surface area contributed by atoms with Gasteiger partial charge in [0.1, 0.15) is 0 Å². The highest BCUT2D eigenvalue weighted by Gasteiger charge is 2.33. The van der Waals surface area contributed by atoms with Gasteiger partial charge in [-0.2, -0.15) is 0 Å². The first-order valence-electron chi connectivity index (χ1n) is 7.20. The molecule has 2 rings (SSSR count). The predicted molar refractivity (Wildman–Crippen MR) is 89.9 cm³/mol. The smallest absolute Gasteiger partial charge is 0.331 e. The molecule has 0 aromatic heterocycles. The molecule has 0 aliphatic heterocycles. The van der Waals surface area contributed by atoms with Gasteiger partial charge < -0.3 is 5.11 Å². The number of nitrogens with zero attached hydrogens (tertiary/aromatic N) is 1. The number of aliphatic carboxylic acids is 1. The molecule has 0 aliphatic rings. The van der Waals surface area contributed by atoms with Gasteiger partial charge in [0.2, 0.25) is 0 Å². The average molecular weight is 352 g/mol. The summed E-state index contributed by atoms with van der Waals surface area (Å²) in [4.78, 5) is 15.7. The van der Waals surface area contributed by atoms with Gasteiger partial charge in [-0.25, -0.2) is 13.6 Å². The quantitative estimate of drug-likeness (QED) is 0.810. The maximum Gasteiger partial charge on any atom is 0.331 e. The van der Waals surface area contributed by atoms with Gasteiger partial charge in [0.05, 0.1) is 0 Å². The number of rotatable bonds is 5. The van der Waals surface area contributed by atoms with E-state index in [9.17, 15) is 18.7 Å². The Bertz CT molecular complexity index is 790. The molecular weight excluding hydrogens is 336 g/mol. The minimum Gasteiger partial charge on any atom is -0.479 e. The Hall–Kier alpha value is -2.27. The van der Waals surface area contributed by atoms with E-state index in [2.05, 4.69) is 4.99 Å². The first kappa shape index (κ1) is 18.1. The molecule has 0 fully saturated rings. The van der Waals surface area contributed by atoms with Crippen molar-refractivity contribution < 1.29 is 18.7 Å². The summed E-state index contributed by atoms with van der Waals surface area (Å²) in [5, 5.41) is 10.0. The van der Waals surface area contributed by atoms with Gasteiger partial charge >= 0.3 is 5.97 Å². The van der Waals surface area contributed by atoms with Crippen LogP contribution in [-0.2, 0) is 11.2 Å². The van der Waals surface area contributed by atoms with Crippen molar-refractivity contribution in [2.75, 3.05) is 0 Å². The van der Waals surface area contributed by atoms with Gasteiger partial charge in [0.25, 0.3) is 0 Å². The third kappa shape index (κ3) is 3.97. The molecule has 126 valence electrons. The molecule has 1 N–H and O–H groups in total. The Balaban J connectivity index is 2.32. The van der Waals surface area contributed by atoms with Crippen LogP contribution in [0.1, 0.15) is 23.6 Å². The molecule has 0 saturated carbocycles. The Labute approximate surface area is 143 Å². The van der Waals surface area contributed by atoms with Crippen molar-refractivity contribution in [3.05, 3.63) is 69.7 Å². The standard InChI is InChI=1S/C18H16ClF2NO2/c1-11-3-6-13(16(21)15(11)20)9-18(2,17(23)24)22-10-12-4-7-14(19)8-5-12/h3-8,10H,9H2,1-2H3,(H,23,24)/t18-/m0/s1. The summed E-state index contributed by atoms with van der Waals surface area (Å²) < 4.78 is 27.7. The fourth-order valence-electron chi connectivity index (χ4n) is 2.14. The predicted octanol–water partition coefficient (Wildman–Crippen LogP) is 4.43. The number of carboxylic acid groups (broad SMARTS) is 1. The molecule has 2 aromatic rings. The van der Waals surface area contributed by atoms with E-state index in [1.807, 2.05) is 0 Å². The van der Waals surface area contributed by atoms with E-state index in [4.69, 9.17) is 11.6 Å². The van der Waals surface area contributed by atoms with Crippen LogP contribution in [0.25, 0.3) is 0 Å². The Kier molecular flexibility index (Phi) is 5.34. The van der Waals surface area contributed by atoms with E-state index in [0.717, 1.165) is 0 Å². The third-order valence-corrected chi connectivity index (χ3v) is 3.97. The second-order valence-electron chi connectivity index (χ2n) is 5.74. The average Bonchev–Trinajstić information content (AvgIpc) is 2.55. The lowest BCUT2D eigenvalue weighted by Gasteiger charge is -2.21. The Morgan fingerprint density at radius 1 is 1.21 bits per heavy atom. The minimum atomic E-state index is -1.62. The highest BCUT2D eigenvalue weighted by molar-refractivity contribution is 6.30. The van der Waals surface area contributed by atoms with Crippen molar-refractivity contribution in [1.82, 2.24) is 0 Å². The number of carboxylic acids is 1. The van der Waals surface area contributed by atoms with Gasteiger partial charge in [0.15, 0.2) is 17.2 Å². The summed E-state index contributed by atoms with van der Waals surface area (Å²) in [7, 11) is 0. The number of hydrogen-bond donors (Lipinski definition) is 1. The van der Waals surface area contributed by atoms with Crippen molar-refractivity contribution in [1.29, 1.82) is 0 Å². The van der Waals surface area contributed by atoms with Gasteiger partial charge in [-0.15, -0.1) is 0 Å². The zero-order chi connectivity index (χ0) is 17.9. The molecule has 0 bridgehead atoms. The zero-order valence-corrected chi connectivity index (χ0v) is 13.9. The van der Waals surface area contributed by atoms with Crippen molar-refractivity contribution >= 4 is 23.8 Å². The fraction of sp³-hybridized carbons (Fsp3) is 0.222. The molecule has 0 unspecified atom stereocenters. The molecule has 0 saturated heterocycles. The fourth-order valence-corrected chi connectivity index (χ4v) is 2.26. The van der Waals surface area contributed by atoms with Gasteiger partial charge in [-0.1, -0.05) is 35.9 Å². The third-order valence-electron chi connectivity index (χ3n) is 3.72. The van der Waals surface area contributed by atoms with Crippen molar-refractivity contribution in [3.63, 3.8) is 0 Å². The van der Waals surface area contributed by atoms with Crippen LogP contribution in [0.3, 0.4) is 0 Å². The maximum absolute atomic E-state index is 14.0. The van der Waals surface area contributed by atoms with Crippen LogP contribution in [0, 0.1) is 18.6 Å². The van der Waals surface area contributed by atoms with Crippen molar-refractivity contribution in [2.45, 2.75) is 25.8 Å². The summed E-state index contributed by atoms with van der Waals surface area (Å²) >= 11 is 5.79. The molecular formula is C18H16ClF2NO2. The molecule has 0 heterocycles. The van der Waals surface area contributed by atoms with E-state index in [0.29, 0.717) is 10.6 Å². The summed E-state index contributed by atoms with van der Waals surface area (Å²) in [5.74, 6) is -3.24. The normalized spacial score (nSPS) is 13.9. The van der Waals surface area contributed by atoms with Crippen LogP contribution < -0.4 is 0 Å². The summed E-state index contributed by atoms with van der Waals surface area (Å²) in [6.07, 6.45) is 1.11.